The minimum absolute atomic E-state index is 0.0523. The van der Waals surface area contributed by atoms with Crippen LogP contribution < -0.4 is 21.8 Å². The normalized spacial score (nSPS) is 12.2. The Morgan fingerprint density at radius 2 is 2.38 bits per heavy atom. The van der Waals surface area contributed by atoms with E-state index in [4.69, 9.17) is 16.0 Å². The van der Waals surface area contributed by atoms with E-state index in [-0.39, 0.29) is 18.3 Å². The number of nitrogens with two attached hydrogens (primary N) is 1. The van der Waals surface area contributed by atoms with Crippen molar-refractivity contribution in [3.63, 3.8) is 0 Å². The molecular weight excluding hydrogens is 218 g/mol. The van der Waals surface area contributed by atoms with Crippen LogP contribution in [0.3, 0.4) is 0 Å². The zero-order valence-corrected chi connectivity index (χ0v) is 8.47. The maximum absolute atomic E-state index is 11.3. The van der Waals surface area contributed by atoms with Gasteiger partial charge >= 0.3 is 0 Å². The number of anilines is 3. The van der Waals surface area contributed by atoms with Crippen molar-refractivity contribution in [2.24, 2.45) is 0 Å². The molecular formula is C7H12N5O4-. The quantitative estimate of drug-likeness (QED) is 0.406. The Labute approximate surface area is 90.1 Å². The average molecular weight is 230 g/mol. The Bertz CT molecular complexity index is 416. The number of aliphatic hydroxyl groups excluding tert-OH is 1. The maximum atomic E-state index is 11.3. The molecule has 1 aromatic heterocycles. The number of nitrogens with one attached hydrogen (secondary N) is 2. The molecule has 6 N–H and O–H groups in total. The Morgan fingerprint density at radius 1 is 1.75 bits per heavy atom. The summed E-state index contributed by atoms with van der Waals surface area (Å²) in [6.07, 6.45) is -0.714. The van der Waals surface area contributed by atoms with Crippen molar-refractivity contribution in [1.29, 1.82) is 0 Å². The Balaban J connectivity index is 3.09. The molecule has 0 saturated heterocycles. The van der Waals surface area contributed by atoms with Gasteiger partial charge in [-0.25, -0.2) is 0 Å². The van der Waals surface area contributed by atoms with Gasteiger partial charge in [0.25, 0.3) is 5.56 Å². The van der Waals surface area contributed by atoms with Gasteiger partial charge in [-0.1, -0.05) is 0 Å². The molecule has 1 unspecified atom stereocenters. The van der Waals surface area contributed by atoms with Crippen molar-refractivity contribution in [2.45, 2.75) is 13.0 Å². The van der Waals surface area contributed by atoms with Crippen molar-refractivity contribution in [3.8, 4) is 0 Å². The molecule has 0 spiro atoms. The number of aliphatic hydroxyl groups is 1. The third-order valence-electron chi connectivity index (χ3n) is 1.67. The summed E-state index contributed by atoms with van der Waals surface area (Å²) in [7, 11) is 0. The first-order valence-corrected chi connectivity index (χ1v) is 4.39. The monoisotopic (exact) mass is 230 g/mol. The molecule has 0 aliphatic heterocycles. The molecule has 9 heteroatoms. The molecule has 1 rings (SSSR count). The van der Waals surface area contributed by atoms with Gasteiger partial charge in [-0.2, -0.15) is 4.98 Å². The maximum Gasteiger partial charge on any atom is 0.279 e. The fourth-order valence-electron chi connectivity index (χ4n) is 1.03. The molecule has 16 heavy (non-hydrogen) atoms. The minimum Gasteiger partial charge on any atom is -0.733 e. The van der Waals surface area contributed by atoms with Gasteiger partial charge in [0.15, 0.2) is 11.5 Å². The highest BCUT2D eigenvalue weighted by molar-refractivity contribution is 5.64. The average Bonchev–Trinajstić information content (AvgIpc) is 2.12. The molecule has 0 amide bonds. The van der Waals surface area contributed by atoms with Crippen LogP contribution in [0, 0.1) is 5.21 Å². The van der Waals surface area contributed by atoms with Gasteiger partial charge < -0.3 is 26.6 Å². The van der Waals surface area contributed by atoms with Crippen molar-refractivity contribution in [3.05, 3.63) is 15.6 Å². The second-order valence-corrected chi connectivity index (χ2v) is 3.15. The smallest absolute Gasteiger partial charge is 0.279 e. The van der Waals surface area contributed by atoms with Crippen LogP contribution in [0.5, 0.6) is 0 Å². The molecule has 9 nitrogen and oxygen atoms in total. The van der Waals surface area contributed by atoms with Gasteiger partial charge in [-0.15, -0.1) is 0 Å². The number of hydrogen-bond acceptors (Lipinski definition) is 8. The summed E-state index contributed by atoms with van der Waals surface area (Å²) in [5.74, 6) is -0.400. The van der Waals surface area contributed by atoms with E-state index < -0.39 is 22.6 Å². The number of aromatic nitrogens is 2. The van der Waals surface area contributed by atoms with Crippen molar-refractivity contribution < 1.29 is 10.3 Å². The molecule has 1 aromatic rings. The molecule has 1 heterocycles. The third kappa shape index (κ3) is 2.82. The Kier molecular flexibility index (Phi) is 3.66. The van der Waals surface area contributed by atoms with Crippen LogP contribution in [0.15, 0.2) is 4.79 Å². The Hall–Kier alpha value is -1.84. The minimum atomic E-state index is -0.877. The lowest BCUT2D eigenvalue weighted by atomic mass is 10.4. The molecule has 0 aromatic carbocycles. The third-order valence-corrected chi connectivity index (χ3v) is 1.67. The van der Waals surface area contributed by atoms with Gasteiger partial charge in [-0.3, -0.25) is 15.0 Å². The lowest BCUT2D eigenvalue weighted by molar-refractivity contribution is 0.208. The number of aromatic amines is 1. The molecule has 90 valence electrons. The van der Waals surface area contributed by atoms with Crippen molar-refractivity contribution in [2.75, 3.05) is 22.8 Å². The first-order chi connectivity index (χ1) is 7.41. The molecule has 1 atom stereocenters. The number of nitrogen functional groups attached to an aromatic ring is 1. The zero-order valence-electron chi connectivity index (χ0n) is 8.47. The van der Waals surface area contributed by atoms with Crippen molar-refractivity contribution in [1.82, 2.24) is 9.97 Å². The number of hydrogen-bond donors (Lipinski definition) is 5. The van der Waals surface area contributed by atoms with E-state index >= 15 is 0 Å². The van der Waals surface area contributed by atoms with E-state index in [0.29, 0.717) is 0 Å². The van der Waals surface area contributed by atoms with Gasteiger partial charge in [0.05, 0.1) is 6.10 Å². The molecule has 0 aliphatic rings. The summed E-state index contributed by atoms with van der Waals surface area (Å²) in [5.41, 5.74) is 3.77. The summed E-state index contributed by atoms with van der Waals surface area (Å²) in [4.78, 5) is 16.9. The summed E-state index contributed by atoms with van der Waals surface area (Å²) >= 11 is 0. The van der Waals surface area contributed by atoms with Crippen molar-refractivity contribution >= 4 is 17.5 Å². The van der Waals surface area contributed by atoms with E-state index in [1.807, 2.05) is 0 Å². The highest BCUT2D eigenvalue weighted by Crippen LogP contribution is 2.16. The van der Waals surface area contributed by atoms with Crippen LogP contribution in [0.2, 0.25) is 0 Å². The second kappa shape index (κ2) is 4.79. The van der Waals surface area contributed by atoms with E-state index in [2.05, 4.69) is 15.3 Å². The second-order valence-electron chi connectivity index (χ2n) is 3.15. The van der Waals surface area contributed by atoms with Crippen LogP contribution in [0.25, 0.3) is 0 Å². The number of rotatable bonds is 4. The lowest BCUT2D eigenvalue weighted by Gasteiger charge is -2.23. The predicted molar refractivity (Wildman–Crippen MR) is 57.1 cm³/mol. The van der Waals surface area contributed by atoms with Crippen LogP contribution in [-0.2, 0) is 0 Å². The fourth-order valence-corrected chi connectivity index (χ4v) is 1.03. The molecule has 0 fully saturated rings. The van der Waals surface area contributed by atoms with Gasteiger partial charge in [0.2, 0.25) is 5.95 Å². The SMILES string of the molecule is CC(O)CNc1nc(N)[nH]c(=O)c1N([O-])O. The molecule has 0 aliphatic carbocycles. The van der Waals surface area contributed by atoms with Crippen LogP contribution in [-0.4, -0.2) is 32.9 Å². The standard InChI is InChI=1S/C7H12N5O4/c1-3(13)2-9-5-4(12(15)16)6(14)11-7(8)10-5/h3,13,15H,2H2,1H3,(H4,8,9,10,11,14)/q-1. The number of nitrogens with zero attached hydrogens (tertiary/aromatic N) is 2. The molecule has 0 radical (unpaired) electrons. The fraction of sp³-hybridized carbons (Fsp3) is 0.429. The predicted octanol–water partition coefficient (Wildman–Crippen LogP) is -1.16. The number of H-pyrrole nitrogens is 1. The van der Waals surface area contributed by atoms with Crippen LogP contribution >= 0.6 is 0 Å². The Morgan fingerprint density at radius 3 is 2.88 bits per heavy atom. The first kappa shape index (κ1) is 12.2. The van der Waals surface area contributed by atoms with E-state index in [0.717, 1.165) is 0 Å². The van der Waals surface area contributed by atoms with E-state index in [1.165, 1.54) is 6.92 Å². The summed E-state index contributed by atoms with van der Waals surface area (Å²) in [6, 6.07) is 0. The molecule has 0 saturated carbocycles. The highest BCUT2D eigenvalue weighted by Gasteiger charge is 2.11. The van der Waals surface area contributed by atoms with Crippen LogP contribution in [0.4, 0.5) is 17.5 Å². The summed E-state index contributed by atoms with van der Waals surface area (Å²) < 4.78 is 0. The van der Waals surface area contributed by atoms with Gasteiger partial charge in [-0.05, 0) is 6.92 Å². The topological polar surface area (TPSA) is 151 Å². The highest BCUT2D eigenvalue weighted by atomic mass is 16.8. The van der Waals surface area contributed by atoms with Gasteiger partial charge in [0.1, 0.15) is 0 Å². The van der Waals surface area contributed by atoms with E-state index in [1.54, 1.807) is 0 Å². The summed E-state index contributed by atoms with van der Waals surface area (Å²) in [6.45, 7) is 1.55. The van der Waals surface area contributed by atoms with E-state index in [9.17, 15) is 10.0 Å². The first-order valence-electron chi connectivity index (χ1n) is 4.39. The molecule has 0 bridgehead atoms. The van der Waals surface area contributed by atoms with Gasteiger partial charge in [0, 0.05) is 6.54 Å². The zero-order chi connectivity index (χ0) is 12.3. The summed E-state index contributed by atoms with van der Waals surface area (Å²) in [5, 5.41) is 30.3. The largest absolute Gasteiger partial charge is 0.733 e. The van der Waals surface area contributed by atoms with Crippen LogP contribution in [0.1, 0.15) is 6.92 Å². The lowest BCUT2D eigenvalue weighted by Crippen LogP contribution is -2.26.